The van der Waals surface area contributed by atoms with E-state index in [0.717, 1.165) is 38.0 Å². The Labute approximate surface area is 118 Å². The number of furan rings is 1. The maximum atomic E-state index is 10.7. The van der Waals surface area contributed by atoms with Gasteiger partial charge >= 0.3 is 5.97 Å². The minimum Gasteiger partial charge on any atom is -0.484 e. The Hall–Kier alpha value is -2.04. The zero-order chi connectivity index (χ0) is 14.4. The fourth-order valence-electron chi connectivity index (χ4n) is 2.21. The number of rotatable bonds is 4. The SMILES string of the molecule is COC1=NC(CC=Cc2ccc(C(=O)O)o2)CCCC1. The van der Waals surface area contributed by atoms with Crippen LogP contribution in [0.2, 0.25) is 0 Å². The molecule has 5 heteroatoms. The number of aliphatic imine (C=N–C) groups is 1. The first-order valence-electron chi connectivity index (χ1n) is 6.79. The summed E-state index contributed by atoms with van der Waals surface area (Å²) in [4.78, 5) is 15.3. The van der Waals surface area contributed by atoms with Crippen molar-refractivity contribution < 1.29 is 19.1 Å². The van der Waals surface area contributed by atoms with Crippen LogP contribution in [0.1, 0.15) is 48.4 Å². The summed E-state index contributed by atoms with van der Waals surface area (Å²) in [7, 11) is 1.66. The summed E-state index contributed by atoms with van der Waals surface area (Å²) in [5.74, 6) is 0.278. The van der Waals surface area contributed by atoms with Crippen LogP contribution in [-0.2, 0) is 4.74 Å². The first-order chi connectivity index (χ1) is 9.69. The van der Waals surface area contributed by atoms with E-state index in [4.69, 9.17) is 14.3 Å². The molecule has 5 nitrogen and oxygen atoms in total. The molecular weight excluding hydrogens is 258 g/mol. The minimum atomic E-state index is -1.05. The summed E-state index contributed by atoms with van der Waals surface area (Å²) in [6, 6.07) is 3.34. The zero-order valence-electron chi connectivity index (χ0n) is 11.5. The van der Waals surface area contributed by atoms with Crippen LogP contribution < -0.4 is 0 Å². The van der Waals surface area contributed by atoms with Crippen molar-refractivity contribution in [2.45, 2.75) is 38.1 Å². The third-order valence-corrected chi connectivity index (χ3v) is 3.27. The van der Waals surface area contributed by atoms with Crippen LogP contribution in [0.15, 0.2) is 27.6 Å². The Morgan fingerprint density at radius 2 is 2.40 bits per heavy atom. The monoisotopic (exact) mass is 277 g/mol. The van der Waals surface area contributed by atoms with Crippen molar-refractivity contribution in [3.63, 3.8) is 0 Å². The van der Waals surface area contributed by atoms with Gasteiger partial charge < -0.3 is 14.3 Å². The van der Waals surface area contributed by atoms with E-state index in [1.165, 1.54) is 6.07 Å². The average Bonchev–Trinajstić information content (AvgIpc) is 2.78. The molecule has 0 saturated heterocycles. The van der Waals surface area contributed by atoms with Crippen molar-refractivity contribution in [2.75, 3.05) is 7.11 Å². The fourth-order valence-corrected chi connectivity index (χ4v) is 2.21. The van der Waals surface area contributed by atoms with E-state index in [9.17, 15) is 4.79 Å². The second kappa shape index (κ2) is 6.93. The van der Waals surface area contributed by atoms with Gasteiger partial charge in [0.1, 0.15) is 5.76 Å². The van der Waals surface area contributed by atoms with E-state index in [1.807, 2.05) is 6.08 Å². The number of ether oxygens (including phenoxy) is 1. The summed E-state index contributed by atoms with van der Waals surface area (Å²) in [6.45, 7) is 0. The van der Waals surface area contributed by atoms with Crippen LogP contribution in [0.4, 0.5) is 0 Å². The van der Waals surface area contributed by atoms with Crippen LogP contribution in [0.3, 0.4) is 0 Å². The Balaban J connectivity index is 1.92. The quantitative estimate of drug-likeness (QED) is 0.915. The molecule has 20 heavy (non-hydrogen) atoms. The Kier molecular flexibility index (Phi) is 4.98. The highest BCUT2D eigenvalue weighted by molar-refractivity contribution is 5.84. The Morgan fingerprint density at radius 1 is 1.55 bits per heavy atom. The molecule has 1 atom stereocenters. The number of hydrogen-bond acceptors (Lipinski definition) is 4. The van der Waals surface area contributed by atoms with Crippen molar-refractivity contribution in [3.05, 3.63) is 29.7 Å². The van der Waals surface area contributed by atoms with Crippen LogP contribution in [0.5, 0.6) is 0 Å². The van der Waals surface area contributed by atoms with Gasteiger partial charge in [-0.1, -0.05) is 12.5 Å². The number of carboxylic acid groups (broad SMARTS) is 1. The van der Waals surface area contributed by atoms with Crippen LogP contribution in [0.25, 0.3) is 6.08 Å². The van der Waals surface area contributed by atoms with Gasteiger partial charge in [0, 0.05) is 6.42 Å². The average molecular weight is 277 g/mol. The maximum absolute atomic E-state index is 10.7. The van der Waals surface area contributed by atoms with E-state index < -0.39 is 5.97 Å². The van der Waals surface area contributed by atoms with Gasteiger partial charge in [-0.25, -0.2) is 4.79 Å². The lowest BCUT2D eigenvalue weighted by Gasteiger charge is -2.07. The number of carbonyl (C=O) groups is 1. The van der Waals surface area contributed by atoms with Gasteiger partial charge in [-0.2, -0.15) is 0 Å². The van der Waals surface area contributed by atoms with Gasteiger partial charge in [-0.15, -0.1) is 0 Å². The second-order valence-corrected chi connectivity index (χ2v) is 4.77. The molecule has 1 aliphatic rings. The topological polar surface area (TPSA) is 72.0 Å². The van der Waals surface area contributed by atoms with Gasteiger partial charge in [0.25, 0.3) is 0 Å². The predicted octanol–water partition coefficient (Wildman–Crippen LogP) is 3.37. The number of methoxy groups -OCH3 is 1. The molecule has 1 N–H and O–H groups in total. The normalized spacial score (nSPS) is 19.6. The largest absolute Gasteiger partial charge is 0.484 e. The van der Waals surface area contributed by atoms with E-state index >= 15 is 0 Å². The van der Waals surface area contributed by atoms with Gasteiger partial charge in [0.05, 0.1) is 13.2 Å². The predicted molar refractivity (Wildman–Crippen MR) is 76.0 cm³/mol. The molecule has 1 unspecified atom stereocenters. The van der Waals surface area contributed by atoms with Crippen LogP contribution in [0, 0.1) is 0 Å². The van der Waals surface area contributed by atoms with Gasteiger partial charge in [-0.3, -0.25) is 4.99 Å². The van der Waals surface area contributed by atoms with Crippen molar-refractivity contribution in [2.24, 2.45) is 4.99 Å². The van der Waals surface area contributed by atoms with E-state index in [0.29, 0.717) is 5.76 Å². The lowest BCUT2D eigenvalue weighted by molar-refractivity contribution is 0.0662. The summed E-state index contributed by atoms with van der Waals surface area (Å²) in [5, 5.41) is 8.77. The standard InChI is InChI=1S/C15H19NO4/c1-19-14-8-3-2-5-11(16-14)6-4-7-12-9-10-13(20-12)15(17)18/h4,7,9-11H,2-3,5-6,8H2,1H3,(H,17,18). The lowest BCUT2D eigenvalue weighted by atomic mass is 10.1. The number of carboxylic acids is 1. The summed E-state index contributed by atoms with van der Waals surface area (Å²) in [5.41, 5.74) is 0. The van der Waals surface area contributed by atoms with Gasteiger partial charge in [0.2, 0.25) is 5.76 Å². The molecule has 1 aromatic heterocycles. The molecule has 0 fully saturated rings. The highest BCUT2D eigenvalue weighted by Gasteiger charge is 2.12. The molecular formula is C15H19NO4. The highest BCUT2D eigenvalue weighted by atomic mass is 16.5. The molecule has 0 spiro atoms. The van der Waals surface area contributed by atoms with Crippen molar-refractivity contribution in [1.82, 2.24) is 0 Å². The van der Waals surface area contributed by atoms with Crippen molar-refractivity contribution >= 4 is 17.9 Å². The molecule has 1 aliphatic heterocycles. The minimum absolute atomic E-state index is 0.0428. The van der Waals surface area contributed by atoms with Crippen LogP contribution in [-0.4, -0.2) is 30.1 Å². The zero-order valence-corrected chi connectivity index (χ0v) is 11.5. The molecule has 0 bridgehead atoms. The van der Waals surface area contributed by atoms with Crippen molar-refractivity contribution in [3.8, 4) is 0 Å². The van der Waals surface area contributed by atoms with Crippen molar-refractivity contribution in [1.29, 1.82) is 0 Å². The second-order valence-electron chi connectivity index (χ2n) is 4.77. The van der Waals surface area contributed by atoms with Gasteiger partial charge in [-0.05, 0) is 37.5 Å². The maximum Gasteiger partial charge on any atom is 0.371 e. The first kappa shape index (κ1) is 14.4. The van der Waals surface area contributed by atoms with E-state index in [1.54, 1.807) is 19.3 Å². The van der Waals surface area contributed by atoms with E-state index in [2.05, 4.69) is 4.99 Å². The third kappa shape index (κ3) is 3.98. The number of aromatic carboxylic acids is 1. The summed E-state index contributed by atoms with van der Waals surface area (Å²) in [6.07, 6.45) is 8.80. The first-order valence-corrected chi connectivity index (χ1v) is 6.79. The molecule has 0 saturated carbocycles. The van der Waals surface area contributed by atoms with Gasteiger partial charge in [0.15, 0.2) is 5.90 Å². The summed E-state index contributed by atoms with van der Waals surface area (Å²) >= 11 is 0. The molecule has 2 rings (SSSR count). The van der Waals surface area contributed by atoms with Crippen LogP contribution >= 0.6 is 0 Å². The Bertz CT molecular complexity index is 516. The Morgan fingerprint density at radius 3 is 3.10 bits per heavy atom. The fraction of sp³-hybridized carbons (Fsp3) is 0.467. The highest BCUT2D eigenvalue weighted by Crippen LogP contribution is 2.18. The third-order valence-electron chi connectivity index (χ3n) is 3.27. The molecule has 0 aliphatic carbocycles. The lowest BCUT2D eigenvalue weighted by Crippen LogP contribution is -2.06. The molecule has 0 amide bonds. The number of hydrogen-bond donors (Lipinski definition) is 1. The molecule has 108 valence electrons. The summed E-state index contributed by atoms with van der Waals surface area (Å²) < 4.78 is 10.4. The smallest absolute Gasteiger partial charge is 0.371 e. The number of nitrogens with zero attached hydrogens (tertiary/aromatic N) is 1. The molecule has 1 aromatic rings. The molecule has 0 radical (unpaired) electrons. The molecule has 0 aromatic carbocycles. The van der Waals surface area contributed by atoms with E-state index in [-0.39, 0.29) is 11.8 Å². The molecule has 2 heterocycles.